The fraction of sp³-hybridized carbons (Fsp3) is 0.516. The number of fused-ring (bicyclic) bond motifs is 1. The Morgan fingerprint density at radius 3 is 2.11 bits per heavy atom. The van der Waals surface area contributed by atoms with Crippen molar-refractivity contribution in [3.8, 4) is 22.8 Å². The Morgan fingerprint density at radius 1 is 0.833 bits per heavy atom. The first-order valence-electron chi connectivity index (χ1n) is 13.8. The molecule has 1 heterocycles. The maximum atomic E-state index is 12.1. The molecule has 0 saturated heterocycles. The summed E-state index contributed by atoms with van der Waals surface area (Å²) in [5.74, 6) is 0.841. The van der Waals surface area contributed by atoms with Gasteiger partial charge in [-0.05, 0) is 79.8 Å². The standard InChI is InChI=1S/C31H44N2O3/c1-4-5-21-32(3)30(36)14-12-10-8-6-7-9-11-13-22-33-29-20-19-27(35)23-28(29)24(2)31(33)25-15-17-26(34)18-16-25/h15-20,23,34-35H,4-14,21-22H2,1-3H3. The largest absolute Gasteiger partial charge is 0.508 e. The summed E-state index contributed by atoms with van der Waals surface area (Å²) < 4.78 is 2.37. The molecule has 0 fully saturated rings. The maximum Gasteiger partial charge on any atom is 0.222 e. The normalized spacial score (nSPS) is 11.3. The minimum absolute atomic E-state index is 0.266. The zero-order valence-corrected chi connectivity index (χ0v) is 22.4. The molecule has 0 aliphatic rings. The Balaban J connectivity index is 1.43. The molecule has 5 nitrogen and oxygen atoms in total. The predicted molar refractivity (Wildman–Crippen MR) is 150 cm³/mol. The molecule has 0 saturated carbocycles. The zero-order valence-electron chi connectivity index (χ0n) is 22.4. The Kier molecular flexibility index (Phi) is 10.7. The van der Waals surface area contributed by atoms with Gasteiger partial charge in [-0.1, -0.05) is 51.9 Å². The van der Waals surface area contributed by atoms with Crippen molar-refractivity contribution < 1.29 is 15.0 Å². The molecule has 0 radical (unpaired) electrons. The van der Waals surface area contributed by atoms with Gasteiger partial charge in [0.2, 0.25) is 5.91 Å². The van der Waals surface area contributed by atoms with Crippen molar-refractivity contribution in [1.29, 1.82) is 0 Å². The van der Waals surface area contributed by atoms with Crippen LogP contribution in [-0.4, -0.2) is 39.2 Å². The molecular formula is C31H44N2O3. The number of phenols is 2. The van der Waals surface area contributed by atoms with Crippen molar-refractivity contribution in [2.75, 3.05) is 13.6 Å². The van der Waals surface area contributed by atoms with Crippen LogP contribution in [0.4, 0.5) is 0 Å². The second-order valence-electron chi connectivity index (χ2n) is 10.1. The number of hydrogen-bond acceptors (Lipinski definition) is 3. The fourth-order valence-electron chi connectivity index (χ4n) is 5.05. The number of rotatable bonds is 15. The number of carbonyl (C=O) groups is 1. The number of nitrogens with zero attached hydrogens (tertiary/aromatic N) is 2. The van der Waals surface area contributed by atoms with Crippen LogP contribution < -0.4 is 0 Å². The molecule has 0 aliphatic carbocycles. The summed E-state index contributed by atoms with van der Waals surface area (Å²) in [6, 6.07) is 13.0. The number of amides is 1. The average molecular weight is 493 g/mol. The molecule has 0 spiro atoms. The van der Waals surface area contributed by atoms with E-state index in [2.05, 4.69) is 18.4 Å². The second kappa shape index (κ2) is 14.0. The summed E-state index contributed by atoms with van der Waals surface area (Å²) in [4.78, 5) is 14.0. The number of benzene rings is 2. The van der Waals surface area contributed by atoms with Gasteiger partial charge in [-0.3, -0.25) is 4.79 Å². The van der Waals surface area contributed by atoms with E-state index in [1.165, 1.54) is 32.1 Å². The van der Waals surface area contributed by atoms with E-state index in [-0.39, 0.29) is 17.4 Å². The van der Waals surface area contributed by atoms with Crippen molar-refractivity contribution in [3.63, 3.8) is 0 Å². The molecule has 0 unspecified atom stereocenters. The molecule has 1 aromatic heterocycles. The molecule has 1 amide bonds. The highest BCUT2D eigenvalue weighted by atomic mass is 16.3. The van der Waals surface area contributed by atoms with Crippen LogP contribution in [0.25, 0.3) is 22.2 Å². The molecule has 3 rings (SSSR count). The van der Waals surface area contributed by atoms with Crippen molar-refractivity contribution in [3.05, 3.63) is 48.0 Å². The summed E-state index contributed by atoms with van der Waals surface area (Å²) in [6.45, 7) is 6.08. The molecule has 0 aliphatic heterocycles. The zero-order chi connectivity index (χ0) is 25.9. The second-order valence-corrected chi connectivity index (χ2v) is 10.1. The molecule has 36 heavy (non-hydrogen) atoms. The van der Waals surface area contributed by atoms with Gasteiger partial charge in [-0.25, -0.2) is 0 Å². The number of hydrogen-bond donors (Lipinski definition) is 2. The van der Waals surface area contributed by atoms with E-state index in [1.807, 2.05) is 36.2 Å². The number of aryl methyl sites for hydroxylation is 2. The molecule has 3 aromatic rings. The molecule has 0 atom stereocenters. The topological polar surface area (TPSA) is 65.7 Å². The molecule has 0 bridgehead atoms. The Bertz CT molecular complexity index is 1100. The predicted octanol–water partition coefficient (Wildman–Crippen LogP) is 7.80. The first kappa shape index (κ1) is 27.6. The quantitative estimate of drug-likeness (QED) is 0.213. The average Bonchev–Trinajstić information content (AvgIpc) is 3.14. The van der Waals surface area contributed by atoms with Gasteiger partial charge in [-0.2, -0.15) is 0 Å². The molecule has 5 heteroatoms. The monoisotopic (exact) mass is 492 g/mol. The van der Waals surface area contributed by atoms with Crippen LogP contribution in [0.2, 0.25) is 0 Å². The van der Waals surface area contributed by atoms with Gasteiger partial charge in [0.25, 0.3) is 0 Å². The lowest BCUT2D eigenvalue weighted by Gasteiger charge is -2.16. The van der Waals surface area contributed by atoms with Gasteiger partial charge < -0.3 is 19.7 Å². The van der Waals surface area contributed by atoms with E-state index in [0.29, 0.717) is 6.42 Å². The van der Waals surface area contributed by atoms with E-state index in [0.717, 1.165) is 72.9 Å². The summed E-state index contributed by atoms with van der Waals surface area (Å²) in [6.07, 6.45) is 12.3. The third-order valence-corrected chi connectivity index (χ3v) is 7.24. The number of unbranched alkanes of at least 4 members (excludes halogenated alkanes) is 8. The Hall–Kier alpha value is -2.95. The van der Waals surface area contributed by atoms with Crippen LogP contribution >= 0.6 is 0 Å². The van der Waals surface area contributed by atoms with Crippen LogP contribution in [0.5, 0.6) is 11.5 Å². The van der Waals surface area contributed by atoms with E-state index in [1.54, 1.807) is 18.2 Å². The van der Waals surface area contributed by atoms with E-state index in [4.69, 9.17) is 0 Å². The van der Waals surface area contributed by atoms with Gasteiger partial charge in [0.15, 0.2) is 0 Å². The lowest BCUT2D eigenvalue weighted by molar-refractivity contribution is -0.130. The van der Waals surface area contributed by atoms with Gasteiger partial charge in [0.1, 0.15) is 11.5 Å². The third-order valence-electron chi connectivity index (χ3n) is 7.24. The van der Waals surface area contributed by atoms with Gasteiger partial charge in [0.05, 0.1) is 5.69 Å². The lowest BCUT2D eigenvalue weighted by atomic mass is 10.1. The summed E-state index contributed by atoms with van der Waals surface area (Å²) in [5.41, 5.74) is 4.53. The number of aromatic nitrogens is 1. The van der Waals surface area contributed by atoms with Crippen molar-refractivity contribution in [2.45, 2.75) is 91.0 Å². The van der Waals surface area contributed by atoms with Crippen LogP contribution in [0.15, 0.2) is 42.5 Å². The molecular weight excluding hydrogens is 448 g/mol. The van der Waals surface area contributed by atoms with Crippen LogP contribution in [0, 0.1) is 6.92 Å². The van der Waals surface area contributed by atoms with Crippen molar-refractivity contribution in [1.82, 2.24) is 9.47 Å². The Morgan fingerprint density at radius 2 is 1.44 bits per heavy atom. The Labute approximate surface area is 216 Å². The van der Waals surface area contributed by atoms with Crippen LogP contribution in [0.3, 0.4) is 0 Å². The first-order valence-corrected chi connectivity index (χ1v) is 13.8. The van der Waals surface area contributed by atoms with E-state index in [9.17, 15) is 15.0 Å². The smallest absolute Gasteiger partial charge is 0.222 e. The number of phenolic OH excluding ortho intramolecular Hbond substituents is 2. The molecule has 196 valence electrons. The lowest BCUT2D eigenvalue weighted by Crippen LogP contribution is -2.27. The number of carbonyl (C=O) groups excluding carboxylic acids is 1. The van der Waals surface area contributed by atoms with Gasteiger partial charge in [0, 0.05) is 37.5 Å². The van der Waals surface area contributed by atoms with Gasteiger partial charge >= 0.3 is 0 Å². The summed E-state index contributed by atoms with van der Waals surface area (Å²) in [7, 11) is 1.92. The highest BCUT2D eigenvalue weighted by Gasteiger charge is 2.16. The van der Waals surface area contributed by atoms with Crippen molar-refractivity contribution >= 4 is 16.8 Å². The SMILES string of the molecule is CCCCN(C)C(=O)CCCCCCCCCCn1c(-c2ccc(O)cc2)c(C)c2cc(O)ccc21. The number of aromatic hydroxyl groups is 2. The first-order chi connectivity index (χ1) is 17.4. The van der Waals surface area contributed by atoms with E-state index >= 15 is 0 Å². The van der Waals surface area contributed by atoms with Crippen LogP contribution in [-0.2, 0) is 11.3 Å². The van der Waals surface area contributed by atoms with Gasteiger partial charge in [-0.15, -0.1) is 0 Å². The molecule has 2 N–H and O–H groups in total. The third kappa shape index (κ3) is 7.52. The molecule has 2 aromatic carbocycles. The minimum Gasteiger partial charge on any atom is -0.508 e. The fourth-order valence-corrected chi connectivity index (χ4v) is 5.05. The minimum atomic E-state index is 0.266. The highest BCUT2D eigenvalue weighted by molar-refractivity contribution is 5.92. The summed E-state index contributed by atoms with van der Waals surface area (Å²) in [5, 5.41) is 20.8. The maximum absolute atomic E-state index is 12.1. The highest BCUT2D eigenvalue weighted by Crippen LogP contribution is 2.36. The summed E-state index contributed by atoms with van der Waals surface area (Å²) >= 11 is 0. The van der Waals surface area contributed by atoms with E-state index < -0.39 is 0 Å². The van der Waals surface area contributed by atoms with Crippen LogP contribution in [0.1, 0.15) is 83.1 Å². The van der Waals surface area contributed by atoms with Crippen molar-refractivity contribution in [2.24, 2.45) is 0 Å².